The molecule has 1 saturated heterocycles. The summed E-state index contributed by atoms with van der Waals surface area (Å²) in [6, 6.07) is 5.96. The van der Waals surface area contributed by atoms with Crippen LogP contribution in [-0.2, 0) is 22.4 Å². The number of aromatic nitrogens is 1. The fourth-order valence-electron chi connectivity index (χ4n) is 5.38. The first-order chi connectivity index (χ1) is 13.6. The molecular formula is C22H27N3O3. The van der Waals surface area contributed by atoms with Gasteiger partial charge in [0.1, 0.15) is 0 Å². The van der Waals surface area contributed by atoms with Crippen LogP contribution in [0.5, 0.6) is 0 Å². The highest BCUT2D eigenvalue weighted by Crippen LogP contribution is 2.35. The van der Waals surface area contributed by atoms with E-state index in [1.165, 1.54) is 29.5 Å². The molecule has 2 aromatic rings. The van der Waals surface area contributed by atoms with Crippen molar-refractivity contribution in [3.63, 3.8) is 0 Å². The molecule has 1 aromatic carbocycles. The van der Waals surface area contributed by atoms with E-state index in [0.717, 1.165) is 36.8 Å². The SMILES string of the molecule is NC(=O)[C@H]1CC[C@H]2OCCN(C(=O)c3cccc4c5c([nH]c34)CCCC5)[C@@H]2C1. The van der Waals surface area contributed by atoms with Crippen LogP contribution >= 0.6 is 0 Å². The highest BCUT2D eigenvalue weighted by Gasteiger charge is 2.41. The van der Waals surface area contributed by atoms with E-state index < -0.39 is 0 Å². The van der Waals surface area contributed by atoms with Gasteiger partial charge in [-0.3, -0.25) is 9.59 Å². The molecule has 0 spiro atoms. The van der Waals surface area contributed by atoms with Crippen LogP contribution in [0.2, 0.25) is 0 Å². The number of aryl methyl sites for hydroxylation is 2. The molecule has 3 aliphatic rings. The van der Waals surface area contributed by atoms with Crippen LogP contribution in [0, 0.1) is 5.92 Å². The van der Waals surface area contributed by atoms with Crippen LogP contribution in [0.25, 0.3) is 10.9 Å². The number of nitrogens with one attached hydrogen (secondary N) is 1. The van der Waals surface area contributed by atoms with Gasteiger partial charge < -0.3 is 20.4 Å². The van der Waals surface area contributed by atoms with Crippen molar-refractivity contribution in [2.75, 3.05) is 13.2 Å². The largest absolute Gasteiger partial charge is 0.374 e. The molecule has 0 unspecified atom stereocenters. The van der Waals surface area contributed by atoms with Crippen molar-refractivity contribution in [2.45, 2.75) is 57.1 Å². The monoisotopic (exact) mass is 381 g/mol. The Hall–Kier alpha value is -2.34. The number of aromatic amines is 1. The highest BCUT2D eigenvalue weighted by molar-refractivity contribution is 6.07. The Morgan fingerprint density at radius 2 is 2.04 bits per heavy atom. The second kappa shape index (κ2) is 6.92. The van der Waals surface area contributed by atoms with Gasteiger partial charge in [0.05, 0.1) is 29.8 Å². The maximum Gasteiger partial charge on any atom is 0.256 e. The quantitative estimate of drug-likeness (QED) is 0.838. The van der Waals surface area contributed by atoms with Gasteiger partial charge in [0, 0.05) is 23.5 Å². The van der Waals surface area contributed by atoms with Crippen molar-refractivity contribution >= 4 is 22.7 Å². The third-order valence-electron chi connectivity index (χ3n) is 6.85. The molecule has 1 saturated carbocycles. The number of ether oxygens (including phenoxy) is 1. The van der Waals surface area contributed by atoms with E-state index in [1.807, 2.05) is 17.0 Å². The summed E-state index contributed by atoms with van der Waals surface area (Å²) in [5.41, 5.74) is 9.92. The zero-order valence-corrected chi connectivity index (χ0v) is 16.1. The lowest BCUT2D eigenvalue weighted by atomic mass is 9.81. The van der Waals surface area contributed by atoms with Gasteiger partial charge in [-0.2, -0.15) is 0 Å². The predicted octanol–water partition coefficient (Wildman–Crippen LogP) is 2.54. The Morgan fingerprint density at radius 3 is 2.89 bits per heavy atom. The van der Waals surface area contributed by atoms with E-state index in [0.29, 0.717) is 19.6 Å². The molecule has 3 N–H and O–H groups in total. The fraction of sp³-hybridized carbons (Fsp3) is 0.545. The molecule has 6 heteroatoms. The summed E-state index contributed by atoms with van der Waals surface area (Å²) in [6.45, 7) is 1.10. The second-order valence-electron chi connectivity index (χ2n) is 8.40. The summed E-state index contributed by atoms with van der Waals surface area (Å²) < 4.78 is 5.93. The molecule has 2 fully saturated rings. The van der Waals surface area contributed by atoms with Gasteiger partial charge >= 0.3 is 0 Å². The van der Waals surface area contributed by atoms with E-state index >= 15 is 0 Å². The van der Waals surface area contributed by atoms with Crippen molar-refractivity contribution in [3.05, 3.63) is 35.0 Å². The Balaban J connectivity index is 1.50. The number of benzene rings is 1. The van der Waals surface area contributed by atoms with Crippen LogP contribution in [-0.4, -0.2) is 47.0 Å². The Kier molecular flexibility index (Phi) is 4.38. The predicted molar refractivity (Wildman–Crippen MR) is 106 cm³/mol. The lowest BCUT2D eigenvalue weighted by Gasteiger charge is -2.45. The first kappa shape index (κ1) is 17.7. The lowest BCUT2D eigenvalue weighted by Crippen LogP contribution is -2.57. The van der Waals surface area contributed by atoms with Gasteiger partial charge in [-0.1, -0.05) is 12.1 Å². The van der Waals surface area contributed by atoms with Gasteiger partial charge in [0.25, 0.3) is 5.91 Å². The number of amides is 2. The zero-order valence-electron chi connectivity index (χ0n) is 16.1. The highest BCUT2D eigenvalue weighted by atomic mass is 16.5. The van der Waals surface area contributed by atoms with Gasteiger partial charge in [-0.05, 0) is 56.6 Å². The standard InChI is InChI=1S/C22H27N3O3/c23-21(26)13-8-9-19-18(12-13)25(10-11-28-19)22(27)16-6-3-5-15-14-4-1-2-7-17(14)24-20(15)16/h3,5-6,13,18-19,24H,1-2,4,7-12H2,(H2,23,26)/t13-,18+,19+/m0/s1. The molecule has 1 aromatic heterocycles. The Bertz CT molecular complexity index is 934. The number of hydrogen-bond acceptors (Lipinski definition) is 3. The minimum Gasteiger partial charge on any atom is -0.374 e. The Morgan fingerprint density at radius 1 is 1.18 bits per heavy atom. The number of nitrogens with two attached hydrogens (primary N) is 1. The van der Waals surface area contributed by atoms with Crippen molar-refractivity contribution in [1.29, 1.82) is 0 Å². The number of para-hydroxylation sites is 1. The molecule has 148 valence electrons. The molecule has 2 amide bonds. The van der Waals surface area contributed by atoms with Crippen molar-refractivity contribution in [3.8, 4) is 0 Å². The molecule has 2 aliphatic carbocycles. The van der Waals surface area contributed by atoms with Crippen LogP contribution in [0.15, 0.2) is 18.2 Å². The van der Waals surface area contributed by atoms with Crippen molar-refractivity contribution in [2.24, 2.45) is 11.7 Å². The number of carbonyl (C=O) groups excluding carboxylic acids is 2. The summed E-state index contributed by atoms with van der Waals surface area (Å²) in [5.74, 6) is -0.407. The third kappa shape index (κ3) is 2.82. The van der Waals surface area contributed by atoms with Gasteiger partial charge in [0.2, 0.25) is 5.91 Å². The van der Waals surface area contributed by atoms with Crippen LogP contribution in [0.3, 0.4) is 0 Å². The number of rotatable bonds is 2. The summed E-state index contributed by atoms with van der Waals surface area (Å²) >= 11 is 0. The van der Waals surface area contributed by atoms with E-state index in [-0.39, 0.29) is 29.9 Å². The van der Waals surface area contributed by atoms with E-state index in [9.17, 15) is 9.59 Å². The van der Waals surface area contributed by atoms with Crippen molar-refractivity contribution in [1.82, 2.24) is 9.88 Å². The van der Waals surface area contributed by atoms with E-state index in [2.05, 4.69) is 11.1 Å². The first-order valence-electron chi connectivity index (χ1n) is 10.5. The van der Waals surface area contributed by atoms with E-state index in [1.54, 1.807) is 0 Å². The molecule has 5 rings (SSSR count). The number of fused-ring (bicyclic) bond motifs is 4. The molecule has 2 heterocycles. The smallest absolute Gasteiger partial charge is 0.256 e. The minimum absolute atomic E-state index is 0.00403. The molecule has 3 atom stereocenters. The average molecular weight is 381 g/mol. The molecule has 28 heavy (non-hydrogen) atoms. The maximum atomic E-state index is 13.6. The third-order valence-corrected chi connectivity index (χ3v) is 6.85. The molecule has 1 aliphatic heterocycles. The number of nitrogens with zero attached hydrogens (tertiary/aromatic N) is 1. The number of carbonyl (C=O) groups is 2. The van der Waals surface area contributed by atoms with E-state index in [4.69, 9.17) is 10.5 Å². The normalized spacial score (nSPS) is 27.3. The van der Waals surface area contributed by atoms with Gasteiger partial charge in [-0.25, -0.2) is 0 Å². The zero-order chi connectivity index (χ0) is 19.3. The molecule has 0 bridgehead atoms. The maximum absolute atomic E-state index is 13.6. The summed E-state index contributed by atoms with van der Waals surface area (Å²) in [6.07, 6.45) is 6.67. The number of H-pyrrole nitrogens is 1. The minimum atomic E-state index is -0.268. The number of primary amides is 1. The summed E-state index contributed by atoms with van der Waals surface area (Å²) in [5, 5.41) is 1.18. The second-order valence-corrected chi connectivity index (χ2v) is 8.40. The molecular weight excluding hydrogens is 354 g/mol. The first-order valence-corrected chi connectivity index (χ1v) is 10.5. The number of morpholine rings is 1. The van der Waals surface area contributed by atoms with Gasteiger partial charge in [-0.15, -0.1) is 0 Å². The Labute approximate surface area is 164 Å². The molecule has 6 nitrogen and oxygen atoms in total. The topological polar surface area (TPSA) is 88.4 Å². The summed E-state index contributed by atoms with van der Waals surface area (Å²) in [4.78, 5) is 30.8. The molecule has 0 radical (unpaired) electrons. The van der Waals surface area contributed by atoms with Crippen molar-refractivity contribution < 1.29 is 14.3 Å². The average Bonchev–Trinajstić information content (AvgIpc) is 3.11. The summed E-state index contributed by atoms with van der Waals surface area (Å²) in [7, 11) is 0. The van der Waals surface area contributed by atoms with Crippen LogP contribution in [0.4, 0.5) is 0 Å². The van der Waals surface area contributed by atoms with Crippen LogP contribution in [0.1, 0.15) is 53.7 Å². The lowest BCUT2D eigenvalue weighted by molar-refractivity contribution is -0.128. The van der Waals surface area contributed by atoms with Crippen LogP contribution < -0.4 is 5.73 Å². The van der Waals surface area contributed by atoms with Gasteiger partial charge in [0.15, 0.2) is 0 Å². The number of hydrogen-bond donors (Lipinski definition) is 2. The fourth-order valence-corrected chi connectivity index (χ4v) is 5.38.